The second kappa shape index (κ2) is 5.58. The first-order chi connectivity index (χ1) is 9.13. The Morgan fingerprint density at radius 1 is 1.37 bits per heavy atom. The number of hydrogen-bond acceptors (Lipinski definition) is 4. The largest absolute Gasteiger partial charge is 0.495 e. The molecule has 5 nitrogen and oxygen atoms in total. The average molecular weight is 279 g/mol. The molecule has 0 spiro atoms. The molecule has 0 aliphatic heterocycles. The molecule has 19 heavy (non-hydrogen) atoms. The van der Waals surface area contributed by atoms with E-state index in [4.69, 9.17) is 21.4 Å². The van der Waals surface area contributed by atoms with E-state index in [-0.39, 0.29) is 11.4 Å². The molecule has 0 saturated carbocycles. The van der Waals surface area contributed by atoms with Crippen LogP contribution >= 0.6 is 11.6 Å². The van der Waals surface area contributed by atoms with Gasteiger partial charge in [-0.2, -0.15) is 0 Å². The van der Waals surface area contributed by atoms with Crippen molar-refractivity contribution in [2.75, 3.05) is 12.4 Å². The minimum absolute atomic E-state index is 0.0707. The quantitative estimate of drug-likeness (QED) is 0.899. The predicted octanol–water partition coefficient (Wildman–Crippen LogP) is 3.19. The normalized spacial score (nSPS) is 10.0. The number of carboxylic acid groups (broad SMARTS) is 1. The maximum atomic E-state index is 11.1. The van der Waals surface area contributed by atoms with Gasteiger partial charge >= 0.3 is 5.97 Å². The number of rotatable bonds is 4. The molecular formula is C13H11ClN2O3. The van der Waals surface area contributed by atoms with E-state index in [1.165, 1.54) is 19.4 Å². The fraction of sp³-hybridized carbons (Fsp3) is 0.0769. The van der Waals surface area contributed by atoms with E-state index in [2.05, 4.69) is 10.3 Å². The molecule has 0 amide bonds. The van der Waals surface area contributed by atoms with E-state index in [1.807, 2.05) is 0 Å². The van der Waals surface area contributed by atoms with Crippen molar-refractivity contribution in [3.63, 3.8) is 0 Å². The Labute approximate surface area is 114 Å². The summed E-state index contributed by atoms with van der Waals surface area (Å²) in [7, 11) is 1.51. The standard InChI is InChI=1S/C13H11ClN2O3/c1-19-10-6-2-5-9(11(10)14)16-12-8(13(17)18)4-3-7-15-12/h2-7H,1H3,(H,15,16)(H,17,18). The molecule has 0 atom stereocenters. The summed E-state index contributed by atoms with van der Waals surface area (Å²) in [5.41, 5.74) is 0.601. The number of methoxy groups -OCH3 is 1. The summed E-state index contributed by atoms with van der Waals surface area (Å²) in [5.74, 6) is -0.334. The average Bonchev–Trinajstić information content (AvgIpc) is 2.41. The molecule has 2 N–H and O–H groups in total. The van der Waals surface area contributed by atoms with Crippen LogP contribution in [0.25, 0.3) is 0 Å². The third-order valence-electron chi connectivity index (χ3n) is 2.47. The van der Waals surface area contributed by atoms with Crippen LogP contribution in [0.15, 0.2) is 36.5 Å². The van der Waals surface area contributed by atoms with Crippen molar-refractivity contribution >= 4 is 29.1 Å². The van der Waals surface area contributed by atoms with Crippen molar-refractivity contribution in [2.24, 2.45) is 0 Å². The molecule has 0 aliphatic carbocycles. The monoisotopic (exact) mass is 278 g/mol. The number of carbonyl (C=O) groups is 1. The molecule has 0 saturated heterocycles. The van der Waals surface area contributed by atoms with E-state index >= 15 is 0 Å². The summed E-state index contributed by atoms with van der Waals surface area (Å²) in [6.07, 6.45) is 1.50. The zero-order chi connectivity index (χ0) is 13.8. The lowest BCUT2D eigenvalue weighted by Crippen LogP contribution is -2.04. The zero-order valence-electron chi connectivity index (χ0n) is 10.1. The van der Waals surface area contributed by atoms with Crippen molar-refractivity contribution in [1.29, 1.82) is 0 Å². The minimum atomic E-state index is -1.06. The maximum absolute atomic E-state index is 11.1. The number of benzene rings is 1. The number of anilines is 2. The van der Waals surface area contributed by atoms with Gasteiger partial charge in [0.05, 0.1) is 12.8 Å². The molecule has 1 aromatic heterocycles. The molecule has 1 aromatic carbocycles. The van der Waals surface area contributed by atoms with Gasteiger partial charge in [0, 0.05) is 6.20 Å². The third kappa shape index (κ3) is 2.77. The topological polar surface area (TPSA) is 71.5 Å². The highest BCUT2D eigenvalue weighted by atomic mass is 35.5. The number of ether oxygens (including phenoxy) is 1. The molecule has 1 heterocycles. The molecule has 2 rings (SSSR count). The Hall–Kier alpha value is -2.27. The summed E-state index contributed by atoms with van der Waals surface area (Å²) >= 11 is 6.13. The molecule has 0 radical (unpaired) electrons. The van der Waals surface area contributed by atoms with Gasteiger partial charge in [0.25, 0.3) is 0 Å². The van der Waals surface area contributed by atoms with Crippen molar-refractivity contribution in [3.8, 4) is 5.75 Å². The number of hydrogen-bond donors (Lipinski definition) is 2. The van der Waals surface area contributed by atoms with Crippen molar-refractivity contribution in [2.45, 2.75) is 0 Å². The van der Waals surface area contributed by atoms with E-state index in [9.17, 15) is 4.79 Å². The van der Waals surface area contributed by atoms with Gasteiger partial charge in [-0.05, 0) is 24.3 Å². The van der Waals surface area contributed by atoms with Gasteiger partial charge in [0.2, 0.25) is 0 Å². The highest BCUT2D eigenvalue weighted by molar-refractivity contribution is 6.34. The smallest absolute Gasteiger partial charge is 0.339 e. The van der Waals surface area contributed by atoms with Gasteiger partial charge in [-0.15, -0.1) is 0 Å². The molecule has 6 heteroatoms. The molecule has 0 bridgehead atoms. The number of aromatic carboxylic acids is 1. The molecular weight excluding hydrogens is 268 g/mol. The molecule has 0 unspecified atom stereocenters. The number of pyridine rings is 1. The van der Waals surface area contributed by atoms with Crippen LogP contribution in [0.3, 0.4) is 0 Å². The first kappa shape index (κ1) is 13.2. The Bertz CT molecular complexity index is 617. The molecule has 98 valence electrons. The summed E-state index contributed by atoms with van der Waals surface area (Å²) in [6, 6.07) is 8.19. The number of nitrogens with one attached hydrogen (secondary N) is 1. The summed E-state index contributed by atoms with van der Waals surface area (Å²) in [4.78, 5) is 15.1. The van der Waals surface area contributed by atoms with Gasteiger partial charge in [0.15, 0.2) is 0 Å². The third-order valence-corrected chi connectivity index (χ3v) is 2.86. The Morgan fingerprint density at radius 2 is 2.16 bits per heavy atom. The van der Waals surface area contributed by atoms with Crippen LogP contribution in [-0.4, -0.2) is 23.2 Å². The Balaban J connectivity index is 2.39. The van der Waals surface area contributed by atoms with Gasteiger partial charge in [-0.25, -0.2) is 9.78 Å². The summed E-state index contributed by atoms with van der Waals surface area (Å²) < 4.78 is 5.09. The first-order valence-corrected chi connectivity index (χ1v) is 5.79. The van der Waals surface area contributed by atoms with E-state index in [1.54, 1.807) is 24.3 Å². The van der Waals surface area contributed by atoms with Crippen LogP contribution < -0.4 is 10.1 Å². The highest BCUT2D eigenvalue weighted by Crippen LogP contribution is 2.33. The number of halogens is 1. The van der Waals surface area contributed by atoms with Crippen LogP contribution in [0, 0.1) is 0 Å². The SMILES string of the molecule is COc1cccc(Nc2ncccc2C(=O)O)c1Cl. The van der Waals surface area contributed by atoms with Crippen molar-refractivity contribution < 1.29 is 14.6 Å². The number of carboxylic acids is 1. The van der Waals surface area contributed by atoms with Crippen LogP contribution in [0.1, 0.15) is 10.4 Å². The van der Waals surface area contributed by atoms with Crippen LogP contribution in [0.5, 0.6) is 5.75 Å². The molecule has 2 aromatic rings. The fourth-order valence-electron chi connectivity index (χ4n) is 1.57. The van der Waals surface area contributed by atoms with E-state index in [0.717, 1.165) is 0 Å². The van der Waals surface area contributed by atoms with E-state index in [0.29, 0.717) is 16.5 Å². The minimum Gasteiger partial charge on any atom is -0.495 e. The fourth-order valence-corrected chi connectivity index (χ4v) is 1.82. The lowest BCUT2D eigenvalue weighted by Gasteiger charge is -2.11. The van der Waals surface area contributed by atoms with Gasteiger partial charge < -0.3 is 15.2 Å². The van der Waals surface area contributed by atoms with Crippen LogP contribution in [0.2, 0.25) is 5.02 Å². The lowest BCUT2D eigenvalue weighted by atomic mass is 10.2. The van der Waals surface area contributed by atoms with Crippen molar-refractivity contribution in [3.05, 3.63) is 47.1 Å². The summed E-state index contributed by atoms with van der Waals surface area (Å²) in [6.45, 7) is 0. The van der Waals surface area contributed by atoms with Gasteiger partial charge in [0.1, 0.15) is 22.2 Å². The lowest BCUT2D eigenvalue weighted by molar-refractivity contribution is 0.0697. The second-order valence-electron chi connectivity index (χ2n) is 3.65. The van der Waals surface area contributed by atoms with E-state index < -0.39 is 5.97 Å². The first-order valence-electron chi connectivity index (χ1n) is 5.41. The van der Waals surface area contributed by atoms with Crippen LogP contribution in [0.4, 0.5) is 11.5 Å². The Morgan fingerprint density at radius 3 is 2.84 bits per heavy atom. The number of nitrogens with zero attached hydrogens (tertiary/aromatic N) is 1. The molecule has 0 aliphatic rings. The Kier molecular flexibility index (Phi) is 3.87. The molecule has 0 fully saturated rings. The second-order valence-corrected chi connectivity index (χ2v) is 4.03. The van der Waals surface area contributed by atoms with Crippen molar-refractivity contribution in [1.82, 2.24) is 4.98 Å². The predicted molar refractivity (Wildman–Crippen MR) is 72.5 cm³/mol. The van der Waals surface area contributed by atoms with Gasteiger partial charge in [-0.1, -0.05) is 17.7 Å². The summed E-state index contributed by atoms with van der Waals surface area (Å²) in [5, 5.41) is 12.3. The maximum Gasteiger partial charge on any atom is 0.339 e. The highest BCUT2D eigenvalue weighted by Gasteiger charge is 2.13. The van der Waals surface area contributed by atoms with Crippen LogP contribution in [-0.2, 0) is 0 Å². The van der Waals surface area contributed by atoms with Gasteiger partial charge in [-0.3, -0.25) is 0 Å². The number of aromatic nitrogens is 1. The zero-order valence-corrected chi connectivity index (χ0v) is 10.8.